The number of hydrogen-bond acceptors (Lipinski definition) is 4. The fourth-order valence-corrected chi connectivity index (χ4v) is 2.45. The van der Waals surface area contributed by atoms with E-state index in [9.17, 15) is 4.79 Å². The molecule has 1 saturated heterocycles. The summed E-state index contributed by atoms with van der Waals surface area (Å²) in [5.74, 6) is 0. The highest BCUT2D eigenvalue weighted by Gasteiger charge is 2.15. The zero-order valence-corrected chi connectivity index (χ0v) is 12.1. The van der Waals surface area contributed by atoms with Gasteiger partial charge in [0.05, 0.1) is 18.0 Å². The molecule has 0 aromatic carbocycles. The normalized spacial score (nSPS) is 19.8. The van der Waals surface area contributed by atoms with Crippen molar-refractivity contribution in [1.82, 2.24) is 9.78 Å². The molecule has 1 unspecified atom stereocenters. The molecule has 1 N–H and O–H groups in total. The van der Waals surface area contributed by atoms with E-state index < -0.39 is 0 Å². The van der Waals surface area contributed by atoms with E-state index in [1.54, 1.807) is 6.20 Å². The van der Waals surface area contributed by atoms with Crippen LogP contribution >= 0.6 is 15.9 Å². The zero-order valence-electron chi connectivity index (χ0n) is 10.5. The second-order valence-electron chi connectivity index (χ2n) is 4.36. The van der Waals surface area contributed by atoms with Crippen LogP contribution in [0.2, 0.25) is 0 Å². The van der Waals surface area contributed by atoms with Crippen molar-refractivity contribution in [3.63, 3.8) is 0 Å². The van der Waals surface area contributed by atoms with E-state index in [4.69, 9.17) is 4.74 Å². The maximum atomic E-state index is 11.9. The van der Waals surface area contributed by atoms with Crippen molar-refractivity contribution >= 4 is 21.6 Å². The molecule has 6 heteroatoms. The molecule has 0 bridgehead atoms. The predicted molar refractivity (Wildman–Crippen MR) is 74.0 cm³/mol. The quantitative estimate of drug-likeness (QED) is 0.923. The lowest BCUT2D eigenvalue weighted by molar-refractivity contribution is 0.0247. The molecule has 0 amide bonds. The fourth-order valence-electron chi connectivity index (χ4n) is 2.01. The number of aromatic nitrogens is 2. The topological polar surface area (TPSA) is 56.1 Å². The van der Waals surface area contributed by atoms with Crippen molar-refractivity contribution in [2.24, 2.45) is 0 Å². The van der Waals surface area contributed by atoms with Gasteiger partial charge in [0.1, 0.15) is 4.47 Å². The summed E-state index contributed by atoms with van der Waals surface area (Å²) in [4.78, 5) is 11.9. The van der Waals surface area contributed by atoms with E-state index in [2.05, 4.69) is 26.3 Å². The number of hydrogen-bond donors (Lipinski definition) is 1. The van der Waals surface area contributed by atoms with E-state index in [1.807, 2.05) is 6.92 Å². The Morgan fingerprint density at radius 2 is 2.44 bits per heavy atom. The van der Waals surface area contributed by atoms with Crippen LogP contribution < -0.4 is 10.9 Å². The first kappa shape index (κ1) is 13.5. The van der Waals surface area contributed by atoms with Crippen LogP contribution in [0.25, 0.3) is 0 Å². The summed E-state index contributed by atoms with van der Waals surface area (Å²) >= 11 is 3.32. The Labute approximate surface area is 115 Å². The van der Waals surface area contributed by atoms with Gasteiger partial charge >= 0.3 is 0 Å². The number of nitrogens with zero attached hydrogens (tertiary/aromatic N) is 2. The predicted octanol–water partition coefficient (Wildman–Crippen LogP) is 2.01. The summed E-state index contributed by atoms with van der Waals surface area (Å²) in [7, 11) is 0. The molecule has 18 heavy (non-hydrogen) atoms. The van der Waals surface area contributed by atoms with Gasteiger partial charge in [0, 0.05) is 19.7 Å². The van der Waals surface area contributed by atoms with Crippen molar-refractivity contribution < 1.29 is 4.74 Å². The Bertz CT molecular complexity index is 455. The van der Waals surface area contributed by atoms with Crippen LogP contribution in [0.3, 0.4) is 0 Å². The summed E-state index contributed by atoms with van der Waals surface area (Å²) in [5.41, 5.74) is 0.630. The number of nitrogens with one attached hydrogen (secondary N) is 1. The smallest absolute Gasteiger partial charge is 0.283 e. The summed E-state index contributed by atoms with van der Waals surface area (Å²) in [6.45, 7) is 4.02. The van der Waals surface area contributed by atoms with Crippen molar-refractivity contribution in [3.05, 3.63) is 21.0 Å². The molecule has 2 rings (SSSR count). The van der Waals surface area contributed by atoms with Crippen LogP contribution in [0, 0.1) is 0 Å². The first-order valence-electron chi connectivity index (χ1n) is 6.33. The van der Waals surface area contributed by atoms with Gasteiger partial charge in [0.2, 0.25) is 0 Å². The minimum Gasteiger partial charge on any atom is -0.380 e. The van der Waals surface area contributed by atoms with Crippen LogP contribution in [0.5, 0.6) is 0 Å². The molecule has 5 nitrogen and oxygen atoms in total. The molecule has 1 atom stereocenters. The average Bonchev–Trinajstić information content (AvgIpc) is 2.42. The Hall–Kier alpha value is -0.880. The molecule has 100 valence electrons. The lowest BCUT2D eigenvalue weighted by Gasteiger charge is -2.23. The van der Waals surface area contributed by atoms with Crippen LogP contribution in [-0.4, -0.2) is 29.0 Å². The number of anilines is 1. The van der Waals surface area contributed by atoms with Gasteiger partial charge in [-0.05, 0) is 42.1 Å². The molecule has 0 saturated carbocycles. The van der Waals surface area contributed by atoms with Gasteiger partial charge in [-0.1, -0.05) is 0 Å². The van der Waals surface area contributed by atoms with Crippen molar-refractivity contribution in [2.75, 3.05) is 18.5 Å². The molecule has 1 aromatic rings. The summed E-state index contributed by atoms with van der Waals surface area (Å²) < 4.78 is 7.59. The number of ether oxygens (including phenoxy) is 1. The first-order valence-corrected chi connectivity index (χ1v) is 7.12. The number of rotatable bonds is 4. The third kappa shape index (κ3) is 3.11. The van der Waals surface area contributed by atoms with Gasteiger partial charge in [0.25, 0.3) is 5.56 Å². The minimum absolute atomic E-state index is 0.105. The first-order chi connectivity index (χ1) is 8.72. The minimum atomic E-state index is -0.105. The van der Waals surface area contributed by atoms with Crippen molar-refractivity contribution in [2.45, 2.75) is 38.8 Å². The molecule has 1 aliphatic heterocycles. The number of aryl methyl sites for hydroxylation is 1. The van der Waals surface area contributed by atoms with Crippen molar-refractivity contribution in [1.29, 1.82) is 0 Å². The van der Waals surface area contributed by atoms with Gasteiger partial charge in [-0.15, -0.1) is 0 Å². The zero-order chi connectivity index (χ0) is 13.0. The lowest BCUT2D eigenvalue weighted by atomic mass is 10.1. The molecule has 0 radical (unpaired) electrons. The second kappa shape index (κ2) is 6.33. The van der Waals surface area contributed by atoms with Gasteiger partial charge < -0.3 is 10.1 Å². The summed E-state index contributed by atoms with van der Waals surface area (Å²) in [6, 6.07) is 0. The van der Waals surface area contributed by atoms with Crippen LogP contribution in [0.15, 0.2) is 15.5 Å². The molecule has 1 aromatic heterocycles. The fraction of sp³-hybridized carbons (Fsp3) is 0.667. The van der Waals surface area contributed by atoms with E-state index in [0.717, 1.165) is 31.7 Å². The third-order valence-corrected chi connectivity index (χ3v) is 3.84. The van der Waals surface area contributed by atoms with E-state index >= 15 is 0 Å². The second-order valence-corrected chi connectivity index (χ2v) is 5.16. The maximum absolute atomic E-state index is 11.9. The summed E-state index contributed by atoms with van der Waals surface area (Å²) in [6.07, 6.45) is 5.35. The molecular weight excluding hydrogens is 298 g/mol. The highest BCUT2D eigenvalue weighted by atomic mass is 79.9. The standard InChI is InChI=1S/C12H18BrN3O2/c1-2-16-12(17)11(13)10(8-15-16)14-7-9-5-3-4-6-18-9/h8-9,14H,2-7H2,1H3. The highest BCUT2D eigenvalue weighted by molar-refractivity contribution is 9.10. The molecule has 1 aliphatic rings. The third-order valence-electron chi connectivity index (χ3n) is 3.08. The maximum Gasteiger partial charge on any atom is 0.283 e. The van der Waals surface area contributed by atoms with E-state index in [-0.39, 0.29) is 11.7 Å². The summed E-state index contributed by atoms with van der Waals surface area (Å²) in [5, 5.41) is 7.32. The Kier molecular flexibility index (Phi) is 4.77. The van der Waals surface area contributed by atoms with Crippen LogP contribution in [0.1, 0.15) is 26.2 Å². The van der Waals surface area contributed by atoms with Gasteiger partial charge in [-0.3, -0.25) is 4.79 Å². The van der Waals surface area contributed by atoms with E-state index in [0.29, 0.717) is 11.0 Å². The van der Waals surface area contributed by atoms with Gasteiger partial charge in [-0.25, -0.2) is 4.68 Å². The van der Waals surface area contributed by atoms with Crippen molar-refractivity contribution in [3.8, 4) is 0 Å². The highest BCUT2D eigenvalue weighted by Crippen LogP contribution is 2.18. The van der Waals surface area contributed by atoms with Crippen LogP contribution in [-0.2, 0) is 11.3 Å². The molecule has 1 fully saturated rings. The molecular formula is C12H18BrN3O2. The average molecular weight is 316 g/mol. The Morgan fingerprint density at radius 3 is 3.11 bits per heavy atom. The van der Waals surface area contributed by atoms with E-state index in [1.165, 1.54) is 11.1 Å². The van der Waals surface area contributed by atoms with Crippen LogP contribution in [0.4, 0.5) is 5.69 Å². The lowest BCUT2D eigenvalue weighted by Crippen LogP contribution is -2.29. The number of halogens is 1. The SMILES string of the molecule is CCn1ncc(NCC2CCCCO2)c(Br)c1=O. The van der Waals surface area contributed by atoms with Gasteiger partial charge in [0.15, 0.2) is 0 Å². The monoisotopic (exact) mass is 315 g/mol. The Balaban J connectivity index is 2.01. The largest absolute Gasteiger partial charge is 0.380 e. The molecule has 2 heterocycles. The molecule has 0 aliphatic carbocycles. The Morgan fingerprint density at radius 1 is 1.61 bits per heavy atom. The van der Waals surface area contributed by atoms with Gasteiger partial charge in [-0.2, -0.15) is 5.10 Å². The molecule has 0 spiro atoms.